The van der Waals surface area contributed by atoms with Crippen LogP contribution in [-0.4, -0.2) is 16.1 Å². The van der Waals surface area contributed by atoms with E-state index in [1.54, 1.807) is 12.1 Å². The van der Waals surface area contributed by atoms with E-state index >= 15 is 0 Å². The molecule has 0 saturated carbocycles. The van der Waals surface area contributed by atoms with Crippen molar-refractivity contribution in [1.82, 2.24) is 4.98 Å². The number of halogens is 2. The van der Waals surface area contributed by atoms with Crippen molar-refractivity contribution < 1.29 is 14.3 Å². The summed E-state index contributed by atoms with van der Waals surface area (Å²) in [6.07, 6.45) is 2.26. The molecule has 1 aromatic heterocycles. The second-order valence-electron chi connectivity index (χ2n) is 4.71. The molecular formula is C14H11BrFNO2S. The Labute approximate surface area is 127 Å². The fraction of sp³-hybridized carbons (Fsp3) is 0.286. The molecule has 1 aliphatic carbocycles. The van der Waals surface area contributed by atoms with Gasteiger partial charge in [0.25, 0.3) is 0 Å². The SMILES string of the molecule is O=C(O)C1CCCc2sc(-c3c(F)cccc3Br)nc21. The van der Waals surface area contributed by atoms with Crippen LogP contribution < -0.4 is 0 Å². The Hall–Kier alpha value is -1.27. The first-order valence-corrected chi connectivity index (χ1v) is 7.85. The molecule has 0 saturated heterocycles. The third kappa shape index (κ3) is 2.27. The van der Waals surface area contributed by atoms with Crippen LogP contribution in [0.5, 0.6) is 0 Å². The van der Waals surface area contributed by atoms with Gasteiger partial charge in [-0.2, -0.15) is 0 Å². The normalized spacial score (nSPS) is 17.8. The van der Waals surface area contributed by atoms with Crippen molar-refractivity contribution in [3.05, 3.63) is 39.1 Å². The van der Waals surface area contributed by atoms with Crippen molar-refractivity contribution in [2.75, 3.05) is 0 Å². The van der Waals surface area contributed by atoms with Gasteiger partial charge in [-0.05, 0) is 47.3 Å². The minimum atomic E-state index is -0.851. The van der Waals surface area contributed by atoms with Crippen LogP contribution in [0.25, 0.3) is 10.6 Å². The molecule has 0 radical (unpaired) electrons. The maximum absolute atomic E-state index is 14.0. The Morgan fingerprint density at radius 2 is 2.30 bits per heavy atom. The number of rotatable bonds is 2. The summed E-state index contributed by atoms with van der Waals surface area (Å²) < 4.78 is 14.6. The predicted octanol–water partition coefficient (Wildman–Crippen LogP) is 4.22. The quantitative estimate of drug-likeness (QED) is 0.877. The number of benzene rings is 1. The highest BCUT2D eigenvalue weighted by atomic mass is 79.9. The number of fused-ring (bicyclic) bond motifs is 1. The van der Waals surface area contributed by atoms with Gasteiger partial charge in [-0.3, -0.25) is 4.79 Å². The van der Waals surface area contributed by atoms with Gasteiger partial charge in [0, 0.05) is 9.35 Å². The highest BCUT2D eigenvalue weighted by Crippen LogP contribution is 2.40. The number of aliphatic carboxylic acids is 1. The minimum absolute atomic E-state index is 0.350. The topological polar surface area (TPSA) is 50.2 Å². The summed E-state index contributed by atoms with van der Waals surface area (Å²) in [6, 6.07) is 4.76. The van der Waals surface area contributed by atoms with Gasteiger partial charge in [0.1, 0.15) is 10.8 Å². The zero-order valence-corrected chi connectivity index (χ0v) is 12.8. The number of aromatic nitrogens is 1. The van der Waals surface area contributed by atoms with Crippen molar-refractivity contribution in [1.29, 1.82) is 0 Å². The predicted molar refractivity (Wildman–Crippen MR) is 78.5 cm³/mol. The largest absolute Gasteiger partial charge is 0.481 e. The molecule has 6 heteroatoms. The van der Waals surface area contributed by atoms with E-state index in [0.29, 0.717) is 27.2 Å². The summed E-state index contributed by atoms with van der Waals surface area (Å²) in [7, 11) is 0. The highest BCUT2D eigenvalue weighted by Gasteiger charge is 2.30. The Bertz CT molecular complexity index is 666. The molecule has 0 spiro atoms. The number of carbonyl (C=O) groups is 1. The Morgan fingerprint density at radius 3 is 3.00 bits per heavy atom. The Balaban J connectivity index is 2.12. The van der Waals surface area contributed by atoms with E-state index < -0.39 is 11.9 Å². The van der Waals surface area contributed by atoms with Crippen LogP contribution in [0, 0.1) is 5.82 Å². The van der Waals surface area contributed by atoms with Gasteiger partial charge in [0.2, 0.25) is 0 Å². The molecule has 1 aromatic carbocycles. The molecule has 1 unspecified atom stereocenters. The number of aryl methyl sites for hydroxylation is 1. The summed E-state index contributed by atoms with van der Waals surface area (Å²) in [5, 5.41) is 9.80. The molecule has 1 aliphatic rings. The van der Waals surface area contributed by atoms with Crippen LogP contribution >= 0.6 is 27.3 Å². The third-order valence-electron chi connectivity index (χ3n) is 3.43. The van der Waals surface area contributed by atoms with Gasteiger partial charge < -0.3 is 5.11 Å². The molecule has 20 heavy (non-hydrogen) atoms. The molecule has 1 atom stereocenters. The highest BCUT2D eigenvalue weighted by molar-refractivity contribution is 9.10. The lowest BCUT2D eigenvalue weighted by Crippen LogP contribution is -2.17. The van der Waals surface area contributed by atoms with E-state index in [1.165, 1.54) is 17.4 Å². The van der Waals surface area contributed by atoms with Crippen LogP contribution in [0.1, 0.15) is 29.3 Å². The molecule has 3 rings (SSSR count). The van der Waals surface area contributed by atoms with Crippen LogP contribution in [0.4, 0.5) is 4.39 Å². The summed E-state index contributed by atoms with van der Waals surface area (Å²) in [5.41, 5.74) is 1.02. The first kappa shape index (κ1) is 13.7. The average molecular weight is 356 g/mol. The summed E-state index contributed by atoms with van der Waals surface area (Å²) >= 11 is 4.72. The molecule has 3 nitrogen and oxygen atoms in total. The first-order chi connectivity index (χ1) is 9.58. The van der Waals surface area contributed by atoms with Gasteiger partial charge in [0.15, 0.2) is 0 Å². The van der Waals surface area contributed by atoms with E-state index in [2.05, 4.69) is 20.9 Å². The van der Waals surface area contributed by atoms with E-state index in [4.69, 9.17) is 0 Å². The van der Waals surface area contributed by atoms with E-state index in [0.717, 1.165) is 17.7 Å². The van der Waals surface area contributed by atoms with Crippen LogP contribution in [-0.2, 0) is 11.2 Å². The van der Waals surface area contributed by atoms with Gasteiger partial charge >= 0.3 is 5.97 Å². The maximum Gasteiger partial charge on any atom is 0.312 e. The van der Waals surface area contributed by atoms with Crippen molar-refractivity contribution in [2.24, 2.45) is 0 Å². The lowest BCUT2D eigenvalue weighted by atomic mass is 9.91. The molecule has 104 valence electrons. The monoisotopic (exact) mass is 355 g/mol. The fourth-order valence-corrected chi connectivity index (χ4v) is 4.35. The Kier molecular flexibility index (Phi) is 3.60. The van der Waals surface area contributed by atoms with Crippen LogP contribution in [0.2, 0.25) is 0 Å². The maximum atomic E-state index is 14.0. The smallest absolute Gasteiger partial charge is 0.312 e. The Morgan fingerprint density at radius 1 is 1.50 bits per heavy atom. The van der Waals surface area contributed by atoms with E-state index in [1.807, 2.05) is 0 Å². The van der Waals surface area contributed by atoms with Crippen LogP contribution in [0.3, 0.4) is 0 Å². The second-order valence-corrected chi connectivity index (χ2v) is 6.65. The lowest BCUT2D eigenvalue weighted by Gasteiger charge is -2.16. The lowest BCUT2D eigenvalue weighted by molar-refractivity contribution is -0.139. The summed E-state index contributed by atoms with van der Waals surface area (Å²) in [5.74, 6) is -1.76. The van der Waals surface area contributed by atoms with E-state index in [-0.39, 0.29) is 5.82 Å². The summed E-state index contributed by atoms with van der Waals surface area (Å²) in [4.78, 5) is 16.7. The van der Waals surface area contributed by atoms with Crippen molar-refractivity contribution in [3.8, 4) is 10.6 Å². The number of thiazole rings is 1. The molecule has 0 amide bonds. The van der Waals surface area contributed by atoms with E-state index in [9.17, 15) is 14.3 Å². The minimum Gasteiger partial charge on any atom is -0.481 e. The zero-order valence-electron chi connectivity index (χ0n) is 10.4. The van der Waals surface area contributed by atoms with Crippen molar-refractivity contribution in [3.63, 3.8) is 0 Å². The molecule has 0 aliphatic heterocycles. The first-order valence-electron chi connectivity index (χ1n) is 6.24. The molecule has 0 fully saturated rings. The molecule has 2 aromatic rings. The molecule has 1 N–H and O–H groups in total. The van der Waals surface area contributed by atoms with Gasteiger partial charge in [0.05, 0.1) is 17.2 Å². The number of carboxylic acid groups (broad SMARTS) is 1. The standard InChI is InChI=1S/C14H11BrFNO2S/c15-8-4-2-5-9(16)11(8)13-17-12-7(14(18)19)3-1-6-10(12)20-13/h2,4-5,7H,1,3,6H2,(H,18,19). The van der Waals surface area contributed by atoms with Gasteiger partial charge in [-0.15, -0.1) is 11.3 Å². The summed E-state index contributed by atoms with van der Waals surface area (Å²) in [6.45, 7) is 0. The molecule has 1 heterocycles. The van der Waals surface area contributed by atoms with Crippen LogP contribution in [0.15, 0.2) is 22.7 Å². The fourth-order valence-electron chi connectivity index (χ4n) is 2.47. The van der Waals surface area contributed by atoms with Crippen molar-refractivity contribution >= 4 is 33.2 Å². The third-order valence-corrected chi connectivity index (χ3v) is 5.24. The van der Waals surface area contributed by atoms with Gasteiger partial charge in [-0.1, -0.05) is 6.07 Å². The average Bonchev–Trinajstić information content (AvgIpc) is 2.81. The van der Waals surface area contributed by atoms with Crippen molar-refractivity contribution in [2.45, 2.75) is 25.2 Å². The molecular weight excluding hydrogens is 345 g/mol. The number of hydrogen-bond donors (Lipinski definition) is 1. The molecule has 0 bridgehead atoms. The number of carboxylic acids is 1. The number of hydrogen-bond acceptors (Lipinski definition) is 3. The zero-order chi connectivity index (χ0) is 14.3. The second kappa shape index (κ2) is 5.26. The van der Waals surface area contributed by atoms with Gasteiger partial charge in [-0.25, -0.2) is 9.37 Å². The number of nitrogens with zero attached hydrogens (tertiary/aromatic N) is 1.